The number of ether oxygens (including phenoxy) is 3. The largest absolute Gasteiger partial charge is 0.465 e. The number of nitrogens with one attached hydrogen (secondary N) is 2. The Kier molecular flexibility index (Phi) is 9.70. The summed E-state index contributed by atoms with van der Waals surface area (Å²) in [5.41, 5.74) is 3.08. The van der Waals surface area contributed by atoms with Crippen LogP contribution in [0, 0.1) is 5.92 Å². The molecule has 2 saturated heterocycles. The van der Waals surface area contributed by atoms with Gasteiger partial charge in [0, 0.05) is 36.8 Å². The van der Waals surface area contributed by atoms with E-state index in [9.17, 15) is 19.8 Å². The first-order valence-electron chi connectivity index (χ1n) is 13.1. The number of carbonyl (C=O) groups excluding carboxylic acids is 2. The molecule has 206 valence electrons. The van der Waals surface area contributed by atoms with Crippen LogP contribution in [0.2, 0.25) is 0 Å². The molecule has 4 N–H and O–H groups in total. The van der Waals surface area contributed by atoms with Crippen LogP contribution >= 0.6 is 0 Å². The average molecular weight is 528 g/mol. The quantitative estimate of drug-likeness (QED) is 0.367. The lowest BCUT2D eigenvalue weighted by molar-refractivity contribution is -0.276. The molecule has 2 aliphatic rings. The summed E-state index contributed by atoms with van der Waals surface area (Å²) in [6, 6.07) is 14.4. The van der Waals surface area contributed by atoms with E-state index < -0.39 is 18.3 Å². The summed E-state index contributed by atoms with van der Waals surface area (Å²) in [6.07, 6.45) is -0.676. The molecule has 0 saturated carbocycles. The van der Waals surface area contributed by atoms with Crippen LogP contribution in [0.5, 0.6) is 0 Å². The van der Waals surface area contributed by atoms with Crippen LogP contribution in [-0.2, 0) is 25.6 Å². The van der Waals surface area contributed by atoms with Gasteiger partial charge in [-0.3, -0.25) is 9.69 Å². The Morgan fingerprint density at radius 1 is 1.13 bits per heavy atom. The van der Waals surface area contributed by atoms with E-state index in [2.05, 4.69) is 22.5 Å². The van der Waals surface area contributed by atoms with Crippen molar-refractivity contribution in [1.29, 1.82) is 0 Å². The Labute approximate surface area is 222 Å². The standard InChI is InChI=1S/C28H37N3O7/c1-3-36-25(34)14-29-28(35)30-22-6-4-5-21(13-22)27-37-24(16-31-12-11-23(33)15-31)18(2)26(38-27)20-9-7-19(17-32)8-10-20/h4-10,13,18,23-24,26-27,32-33H,3,11-12,14-17H2,1-2H3,(H2,29,30,35)/t18-,23-,24+,26+,27+/m0/s1. The van der Waals surface area contributed by atoms with Gasteiger partial charge in [-0.2, -0.15) is 0 Å². The van der Waals surface area contributed by atoms with Crippen LogP contribution in [0.4, 0.5) is 10.5 Å². The van der Waals surface area contributed by atoms with Crippen molar-refractivity contribution in [2.24, 2.45) is 5.92 Å². The normalized spacial score (nSPS) is 25.6. The highest BCUT2D eigenvalue weighted by Gasteiger charge is 2.40. The van der Waals surface area contributed by atoms with E-state index in [1.165, 1.54) is 0 Å². The molecular formula is C28H37N3O7. The Bertz CT molecular complexity index is 1080. The number of amides is 2. The first-order valence-corrected chi connectivity index (χ1v) is 13.1. The van der Waals surface area contributed by atoms with Crippen LogP contribution in [0.15, 0.2) is 48.5 Å². The zero-order valence-electron chi connectivity index (χ0n) is 21.8. The van der Waals surface area contributed by atoms with Crippen molar-refractivity contribution in [2.75, 3.05) is 38.1 Å². The Balaban J connectivity index is 1.50. The molecular weight excluding hydrogens is 490 g/mol. The van der Waals surface area contributed by atoms with Gasteiger partial charge < -0.3 is 35.1 Å². The molecule has 0 aromatic heterocycles. The number of benzene rings is 2. The molecule has 10 heteroatoms. The molecule has 0 unspecified atom stereocenters. The summed E-state index contributed by atoms with van der Waals surface area (Å²) in [7, 11) is 0. The molecule has 2 fully saturated rings. The predicted octanol–water partition coefficient (Wildman–Crippen LogP) is 2.72. The van der Waals surface area contributed by atoms with Crippen molar-refractivity contribution in [3.8, 4) is 0 Å². The molecule has 2 aliphatic heterocycles. The highest BCUT2D eigenvalue weighted by molar-refractivity contribution is 5.91. The topological polar surface area (TPSA) is 130 Å². The second-order valence-electron chi connectivity index (χ2n) is 9.76. The maximum Gasteiger partial charge on any atom is 0.325 e. The third kappa shape index (κ3) is 7.30. The third-order valence-electron chi connectivity index (χ3n) is 6.92. The van der Waals surface area contributed by atoms with E-state index in [0.717, 1.165) is 29.7 Å². The predicted molar refractivity (Wildman–Crippen MR) is 140 cm³/mol. The van der Waals surface area contributed by atoms with Gasteiger partial charge in [0.25, 0.3) is 0 Å². The summed E-state index contributed by atoms with van der Waals surface area (Å²) in [5, 5.41) is 24.7. The molecule has 2 amide bonds. The molecule has 5 atom stereocenters. The van der Waals surface area contributed by atoms with Gasteiger partial charge >= 0.3 is 12.0 Å². The number of rotatable bonds is 9. The van der Waals surface area contributed by atoms with Gasteiger partial charge in [-0.1, -0.05) is 43.3 Å². The number of urea groups is 1. The minimum absolute atomic E-state index is 0.0268. The summed E-state index contributed by atoms with van der Waals surface area (Å²) < 4.78 is 17.8. The number of esters is 1. The zero-order valence-corrected chi connectivity index (χ0v) is 21.8. The number of β-amino-alcohol motifs (C(OH)–C–C–N with tert-alkyl or cyclic N) is 1. The SMILES string of the molecule is CCOC(=O)CNC(=O)Nc1cccc([C@@H]2O[C@H](CN3CC[C@H](O)C3)[C@H](C)[C@H](c3ccc(CO)cc3)O2)c1. The molecule has 0 spiro atoms. The Hall–Kier alpha value is -3.02. The Morgan fingerprint density at radius 2 is 1.92 bits per heavy atom. The lowest BCUT2D eigenvalue weighted by Crippen LogP contribution is -2.44. The molecule has 38 heavy (non-hydrogen) atoms. The van der Waals surface area contributed by atoms with Gasteiger partial charge in [-0.15, -0.1) is 0 Å². The monoisotopic (exact) mass is 527 g/mol. The molecule has 2 aromatic carbocycles. The van der Waals surface area contributed by atoms with Crippen LogP contribution in [0.1, 0.15) is 49.4 Å². The maximum atomic E-state index is 12.3. The van der Waals surface area contributed by atoms with Crippen molar-refractivity contribution in [3.63, 3.8) is 0 Å². The van der Waals surface area contributed by atoms with Crippen molar-refractivity contribution in [2.45, 2.75) is 51.5 Å². The number of anilines is 1. The van der Waals surface area contributed by atoms with E-state index in [1.54, 1.807) is 25.1 Å². The van der Waals surface area contributed by atoms with Gasteiger partial charge in [-0.25, -0.2) is 4.79 Å². The molecule has 10 nitrogen and oxygen atoms in total. The summed E-state index contributed by atoms with van der Waals surface area (Å²) in [6.45, 7) is 5.89. The molecule has 0 aliphatic carbocycles. The van der Waals surface area contributed by atoms with Crippen LogP contribution in [0.3, 0.4) is 0 Å². The average Bonchev–Trinajstić information content (AvgIpc) is 3.33. The summed E-state index contributed by atoms with van der Waals surface area (Å²) in [5.74, 6) is -0.483. The van der Waals surface area contributed by atoms with Crippen molar-refractivity contribution >= 4 is 17.7 Å². The van der Waals surface area contributed by atoms with Crippen LogP contribution in [-0.4, -0.2) is 72.1 Å². The first-order chi connectivity index (χ1) is 18.4. The highest BCUT2D eigenvalue weighted by Crippen LogP contribution is 2.42. The molecule has 2 heterocycles. The number of likely N-dealkylation sites (tertiary alicyclic amines) is 1. The van der Waals surface area contributed by atoms with Gasteiger partial charge in [-0.05, 0) is 36.6 Å². The maximum absolute atomic E-state index is 12.3. The van der Waals surface area contributed by atoms with Gasteiger partial charge in [0.05, 0.1) is 31.5 Å². The second kappa shape index (κ2) is 13.2. The van der Waals surface area contributed by atoms with Gasteiger partial charge in [0.1, 0.15) is 6.54 Å². The van der Waals surface area contributed by atoms with E-state index in [1.807, 2.05) is 30.3 Å². The lowest BCUT2D eigenvalue weighted by Gasteiger charge is -2.42. The van der Waals surface area contributed by atoms with Crippen molar-refractivity contribution in [3.05, 3.63) is 65.2 Å². The smallest absolute Gasteiger partial charge is 0.325 e. The van der Waals surface area contributed by atoms with Crippen LogP contribution < -0.4 is 10.6 Å². The van der Waals surface area contributed by atoms with E-state index >= 15 is 0 Å². The van der Waals surface area contributed by atoms with Crippen molar-refractivity contribution in [1.82, 2.24) is 10.2 Å². The lowest BCUT2D eigenvalue weighted by atomic mass is 9.90. The minimum atomic E-state index is -0.685. The fraction of sp³-hybridized carbons (Fsp3) is 0.500. The van der Waals surface area contributed by atoms with E-state index in [4.69, 9.17) is 14.2 Å². The van der Waals surface area contributed by atoms with Gasteiger partial charge in [0.15, 0.2) is 6.29 Å². The zero-order chi connectivity index (χ0) is 27.1. The Morgan fingerprint density at radius 3 is 2.61 bits per heavy atom. The van der Waals surface area contributed by atoms with Crippen LogP contribution in [0.25, 0.3) is 0 Å². The first kappa shape index (κ1) is 28.0. The fourth-order valence-corrected chi connectivity index (χ4v) is 4.86. The highest BCUT2D eigenvalue weighted by atomic mass is 16.7. The fourth-order valence-electron chi connectivity index (χ4n) is 4.86. The van der Waals surface area contributed by atoms with Crippen molar-refractivity contribution < 1.29 is 34.0 Å². The number of carbonyl (C=O) groups is 2. The molecule has 0 radical (unpaired) electrons. The molecule has 0 bridgehead atoms. The summed E-state index contributed by atoms with van der Waals surface area (Å²) >= 11 is 0. The number of hydrogen-bond donors (Lipinski definition) is 4. The minimum Gasteiger partial charge on any atom is -0.465 e. The number of hydrogen-bond acceptors (Lipinski definition) is 8. The summed E-state index contributed by atoms with van der Waals surface area (Å²) in [4.78, 5) is 26.0. The number of nitrogens with zero attached hydrogens (tertiary/aromatic N) is 1. The third-order valence-corrected chi connectivity index (χ3v) is 6.92. The second-order valence-corrected chi connectivity index (χ2v) is 9.76. The number of aliphatic hydroxyl groups is 2. The van der Waals surface area contributed by atoms with E-state index in [-0.39, 0.29) is 44.0 Å². The molecule has 2 aromatic rings. The number of aliphatic hydroxyl groups excluding tert-OH is 2. The van der Waals surface area contributed by atoms with E-state index in [0.29, 0.717) is 18.8 Å². The molecule has 4 rings (SSSR count). The van der Waals surface area contributed by atoms with Gasteiger partial charge in [0.2, 0.25) is 0 Å².